The third-order valence-electron chi connectivity index (χ3n) is 1.11. The summed E-state index contributed by atoms with van der Waals surface area (Å²) in [6.45, 7) is 2.32. The first-order valence-corrected chi connectivity index (χ1v) is 3.87. The van der Waals surface area contributed by atoms with Crippen molar-refractivity contribution in [1.82, 2.24) is 5.32 Å². The van der Waals surface area contributed by atoms with Crippen LogP contribution >= 0.6 is 0 Å². The van der Waals surface area contributed by atoms with Gasteiger partial charge in [0.15, 0.2) is 0 Å². The van der Waals surface area contributed by atoms with Gasteiger partial charge in [0.25, 0.3) is 6.43 Å². The summed E-state index contributed by atoms with van der Waals surface area (Å²) in [5.41, 5.74) is 0. The maximum atomic E-state index is 11.5. The molecule has 0 fully saturated rings. The van der Waals surface area contributed by atoms with E-state index in [1.165, 1.54) is 0 Å². The number of rotatable bonds is 7. The second-order valence-electron chi connectivity index (χ2n) is 2.52. The van der Waals surface area contributed by atoms with Crippen LogP contribution in [-0.4, -0.2) is 43.9 Å². The standard InChI is InChI=1S/C7H15F2NO2/c1-6(11)4-10-2-3-12-5-7(8)9/h6-7,10-11H,2-5H2,1H3/t6-/m0/s1. The van der Waals surface area contributed by atoms with Gasteiger partial charge in [-0.1, -0.05) is 0 Å². The minimum atomic E-state index is -2.40. The minimum absolute atomic E-state index is 0.247. The summed E-state index contributed by atoms with van der Waals surface area (Å²) in [5.74, 6) is 0. The Morgan fingerprint density at radius 3 is 2.67 bits per heavy atom. The van der Waals surface area contributed by atoms with E-state index in [-0.39, 0.29) is 6.61 Å². The van der Waals surface area contributed by atoms with Crippen molar-refractivity contribution in [2.24, 2.45) is 0 Å². The highest BCUT2D eigenvalue weighted by molar-refractivity contribution is 4.51. The van der Waals surface area contributed by atoms with Crippen LogP contribution in [0.3, 0.4) is 0 Å². The van der Waals surface area contributed by atoms with Crippen LogP contribution in [-0.2, 0) is 4.74 Å². The van der Waals surface area contributed by atoms with Crippen LogP contribution in [0.5, 0.6) is 0 Å². The Hall–Kier alpha value is -0.260. The number of hydrogen-bond donors (Lipinski definition) is 2. The van der Waals surface area contributed by atoms with Crippen LogP contribution in [0.2, 0.25) is 0 Å². The van der Waals surface area contributed by atoms with E-state index in [4.69, 9.17) is 5.11 Å². The summed E-state index contributed by atoms with van der Waals surface area (Å²) in [7, 11) is 0. The molecule has 0 radical (unpaired) electrons. The second-order valence-corrected chi connectivity index (χ2v) is 2.52. The van der Waals surface area contributed by atoms with E-state index in [2.05, 4.69) is 10.1 Å². The molecular formula is C7H15F2NO2. The number of alkyl halides is 2. The topological polar surface area (TPSA) is 41.5 Å². The summed E-state index contributed by atoms with van der Waals surface area (Å²) in [6, 6.07) is 0. The molecule has 0 bridgehead atoms. The molecule has 0 saturated heterocycles. The lowest BCUT2D eigenvalue weighted by atomic mass is 10.4. The summed E-state index contributed by atoms with van der Waals surface area (Å²) >= 11 is 0. The quantitative estimate of drug-likeness (QED) is 0.555. The van der Waals surface area contributed by atoms with Crippen LogP contribution in [0.15, 0.2) is 0 Å². The number of halogens is 2. The van der Waals surface area contributed by atoms with Gasteiger partial charge < -0.3 is 15.2 Å². The number of nitrogens with one attached hydrogen (secondary N) is 1. The van der Waals surface area contributed by atoms with Crippen molar-refractivity contribution < 1.29 is 18.6 Å². The van der Waals surface area contributed by atoms with Crippen molar-refractivity contribution in [1.29, 1.82) is 0 Å². The molecule has 0 aromatic heterocycles. The van der Waals surface area contributed by atoms with E-state index in [9.17, 15) is 8.78 Å². The Kier molecular flexibility index (Phi) is 7.23. The second kappa shape index (κ2) is 7.39. The monoisotopic (exact) mass is 183 g/mol. The number of ether oxygens (including phenoxy) is 1. The molecule has 3 nitrogen and oxygen atoms in total. The molecular weight excluding hydrogens is 168 g/mol. The molecule has 0 rings (SSSR count). The fourth-order valence-electron chi connectivity index (χ4n) is 0.628. The van der Waals surface area contributed by atoms with E-state index in [0.717, 1.165) is 0 Å². The van der Waals surface area contributed by atoms with Crippen LogP contribution in [0.25, 0.3) is 0 Å². The van der Waals surface area contributed by atoms with Crippen molar-refractivity contribution >= 4 is 0 Å². The van der Waals surface area contributed by atoms with E-state index in [1.54, 1.807) is 6.92 Å². The molecule has 5 heteroatoms. The van der Waals surface area contributed by atoms with Crippen LogP contribution < -0.4 is 5.32 Å². The molecule has 0 unspecified atom stereocenters. The first-order valence-electron chi connectivity index (χ1n) is 3.87. The lowest BCUT2D eigenvalue weighted by Gasteiger charge is -2.06. The summed E-state index contributed by atoms with van der Waals surface area (Å²) in [6.07, 6.45) is -2.82. The van der Waals surface area contributed by atoms with Crippen LogP contribution in [0.4, 0.5) is 8.78 Å². The first-order chi connectivity index (χ1) is 5.63. The number of aliphatic hydroxyl groups excluding tert-OH is 1. The van der Waals surface area contributed by atoms with E-state index < -0.39 is 19.1 Å². The Balaban J connectivity index is 2.91. The number of hydrogen-bond acceptors (Lipinski definition) is 3. The average molecular weight is 183 g/mol. The third-order valence-corrected chi connectivity index (χ3v) is 1.11. The van der Waals surface area contributed by atoms with Gasteiger partial charge in [-0.15, -0.1) is 0 Å². The molecule has 2 N–H and O–H groups in total. The average Bonchev–Trinajstić information content (AvgIpc) is 1.95. The van der Waals surface area contributed by atoms with Gasteiger partial charge in [-0.2, -0.15) is 0 Å². The fourth-order valence-corrected chi connectivity index (χ4v) is 0.628. The largest absolute Gasteiger partial charge is 0.392 e. The van der Waals surface area contributed by atoms with Crippen molar-refractivity contribution in [2.75, 3.05) is 26.3 Å². The molecule has 1 atom stereocenters. The zero-order valence-corrected chi connectivity index (χ0v) is 7.09. The Labute approximate surface area is 70.7 Å². The third kappa shape index (κ3) is 9.74. The minimum Gasteiger partial charge on any atom is -0.392 e. The molecule has 0 aromatic carbocycles. The maximum Gasteiger partial charge on any atom is 0.261 e. The normalized spacial score (nSPS) is 13.8. The molecule has 0 aliphatic heterocycles. The fraction of sp³-hybridized carbons (Fsp3) is 1.00. The highest BCUT2D eigenvalue weighted by atomic mass is 19.3. The lowest BCUT2D eigenvalue weighted by Crippen LogP contribution is -2.28. The van der Waals surface area contributed by atoms with Crippen LogP contribution in [0, 0.1) is 0 Å². The van der Waals surface area contributed by atoms with Crippen LogP contribution in [0.1, 0.15) is 6.92 Å². The van der Waals surface area contributed by atoms with Crippen molar-refractivity contribution in [3.05, 3.63) is 0 Å². The van der Waals surface area contributed by atoms with Gasteiger partial charge in [-0.3, -0.25) is 0 Å². The van der Waals surface area contributed by atoms with Gasteiger partial charge in [-0.05, 0) is 6.92 Å². The van der Waals surface area contributed by atoms with Gasteiger partial charge in [0.05, 0.1) is 12.7 Å². The SMILES string of the molecule is C[C@H](O)CNCCOCC(F)F. The first kappa shape index (κ1) is 11.7. The van der Waals surface area contributed by atoms with Gasteiger partial charge >= 0.3 is 0 Å². The Morgan fingerprint density at radius 1 is 1.50 bits per heavy atom. The smallest absolute Gasteiger partial charge is 0.261 e. The zero-order chi connectivity index (χ0) is 9.40. The predicted molar refractivity (Wildman–Crippen MR) is 41.4 cm³/mol. The molecule has 0 aliphatic rings. The maximum absolute atomic E-state index is 11.5. The molecule has 0 aliphatic carbocycles. The number of aliphatic hydroxyl groups is 1. The summed E-state index contributed by atoms with van der Waals surface area (Å²) < 4.78 is 27.6. The van der Waals surface area contributed by atoms with Gasteiger partial charge in [-0.25, -0.2) is 8.78 Å². The van der Waals surface area contributed by atoms with Crippen molar-refractivity contribution in [2.45, 2.75) is 19.5 Å². The van der Waals surface area contributed by atoms with Crippen molar-refractivity contribution in [3.8, 4) is 0 Å². The summed E-state index contributed by atoms with van der Waals surface area (Å²) in [5, 5.41) is 11.6. The zero-order valence-electron chi connectivity index (χ0n) is 7.09. The molecule has 12 heavy (non-hydrogen) atoms. The molecule has 0 aromatic rings. The van der Waals surface area contributed by atoms with Gasteiger partial charge in [0.1, 0.15) is 6.61 Å². The van der Waals surface area contributed by atoms with E-state index in [0.29, 0.717) is 13.1 Å². The molecule has 0 amide bonds. The summed E-state index contributed by atoms with van der Waals surface area (Å²) in [4.78, 5) is 0. The van der Waals surface area contributed by atoms with Gasteiger partial charge in [0, 0.05) is 13.1 Å². The molecule has 0 spiro atoms. The predicted octanol–water partition coefficient (Wildman–Crippen LogP) is 0.238. The highest BCUT2D eigenvalue weighted by Crippen LogP contribution is 1.91. The highest BCUT2D eigenvalue weighted by Gasteiger charge is 2.00. The van der Waals surface area contributed by atoms with Crippen molar-refractivity contribution in [3.63, 3.8) is 0 Å². The Bertz CT molecular complexity index is 89.4. The van der Waals surface area contributed by atoms with E-state index in [1.807, 2.05) is 0 Å². The molecule has 74 valence electrons. The van der Waals surface area contributed by atoms with Gasteiger partial charge in [0.2, 0.25) is 0 Å². The Morgan fingerprint density at radius 2 is 2.17 bits per heavy atom. The molecule has 0 saturated carbocycles. The lowest BCUT2D eigenvalue weighted by molar-refractivity contribution is 0.0182. The van der Waals surface area contributed by atoms with E-state index >= 15 is 0 Å². The molecule has 0 heterocycles.